The first-order chi connectivity index (χ1) is 7.51. The van der Waals surface area contributed by atoms with Crippen molar-refractivity contribution >= 4 is 5.90 Å². The molecule has 7 nitrogen and oxygen atoms in total. The van der Waals surface area contributed by atoms with Gasteiger partial charge in [0.15, 0.2) is 0 Å². The summed E-state index contributed by atoms with van der Waals surface area (Å²) in [5.41, 5.74) is 0. The van der Waals surface area contributed by atoms with Gasteiger partial charge >= 0.3 is 5.90 Å². The molecule has 1 fully saturated rings. The SMILES string of the molecule is COC(C)=[NH+][C@@H]1[C@@H](O)[C@H](O)[C@@H](CO)O[C@H]1O. The summed E-state index contributed by atoms with van der Waals surface area (Å²) in [4.78, 5) is 2.67. The Balaban J connectivity index is 2.79. The van der Waals surface area contributed by atoms with Crippen molar-refractivity contribution in [3.8, 4) is 0 Å². The summed E-state index contributed by atoms with van der Waals surface area (Å²) in [7, 11) is 1.43. The third-order valence-electron chi connectivity index (χ3n) is 2.58. The summed E-state index contributed by atoms with van der Waals surface area (Å²) in [5.74, 6) is 0.376. The van der Waals surface area contributed by atoms with Gasteiger partial charge < -0.3 is 29.9 Å². The molecule has 0 aromatic rings. The molecule has 5 atom stereocenters. The average Bonchev–Trinajstić information content (AvgIpc) is 2.28. The van der Waals surface area contributed by atoms with E-state index < -0.39 is 37.3 Å². The molecule has 0 aromatic carbocycles. The Labute approximate surface area is 93.0 Å². The number of hydrogen-bond acceptors (Lipinski definition) is 6. The van der Waals surface area contributed by atoms with Gasteiger partial charge in [-0.1, -0.05) is 0 Å². The van der Waals surface area contributed by atoms with Crippen LogP contribution in [0.3, 0.4) is 0 Å². The van der Waals surface area contributed by atoms with Crippen LogP contribution in [0.5, 0.6) is 0 Å². The van der Waals surface area contributed by atoms with E-state index in [-0.39, 0.29) is 0 Å². The minimum atomic E-state index is -1.33. The van der Waals surface area contributed by atoms with Crippen molar-refractivity contribution in [3.05, 3.63) is 0 Å². The molecule has 1 aliphatic heterocycles. The smallest absolute Gasteiger partial charge is 0.331 e. The van der Waals surface area contributed by atoms with Crippen LogP contribution in [-0.4, -0.2) is 70.7 Å². The highest BCUT2D eigenvalue weighted by Crippen LogP contribution is 2.17. The average molecular weight is 236 g/mol. The van der Waals surface area contributed by atoms with E-state index in [2.05, 4.69) is 4.99 Å². The first-order valence-electron chi connectivity index (χ1n) is 4.95. The van der Waals surface area contributed by atoms with Gasteiger partial charge in [0.25, 0.3) is 0 Å². The molecule has 7 heteroatoms. The van der Waals surface area contributed by atoms with Gasteiger partial charge in [0.2, 0.25) is 12.3 Å². The predicted octanol–water partition coefficient (Wildman–Crippen LogP) is -4.07. The van der Waals surface area contributed by atoms with E-state index in [9.17, 15) is 15.3 Å². The first-order valence-corrected chi connectivity index (χ1v) is 4.95. The maximum Gasteiger partial charge on any atom is 0.331 e. The van der Waals surface area contributed by atoms with Crippen LogP contribution in [0.25, 0.3) is 0 Å². The van der Waals surface area contributed by atoms with Crippen molar-refractivity contribution in [2.45, 2.75) is 37.6 Å². The second-order valence-corrected chi connectivity index (χ2v) is 3.66. The predicted molar refractivity (Wildman–Crippen MR) is 52.4 cm³/mol. The molecule has 0 spiro atoms. The van der Waals surface area contributed by atoms with Crippen LogP contribution in [-0.2, 0) is 9.47 Å². The van der Waals surface area contributed by atoms with Gasteiger partial charge in [0.1, 0.15) is 18.3 Å². The summed E-state index contributed by atoms with van der Waals surface area (Å²) in [6.07, 6.45) is -4.85. The Morgan fingerprint density at radius 3 is 2.44 bits per heavy atom. The van der Waals surface area contributed by atoms with Gasteiger partial charge in [-0.05, 0) is 0 Å². The summed E-state index contributed by atoms with van der Waals surface area (Å²) in [6.45, 7) is 1.12. The third kappa shape index (κ3) is 2.69. The summed E-state index contributed by atoms with van der Waals surface area (Å²) < 4.78 is 9.78. The van der Waals surface area contributed by atoms with E-state index in [1.54, 1.807) is 6.92 Å². The van der Waals surface area contributed by atoms with E-state index >= 15 is 0 Å². The van der Waals surface area contributed by atoms with Crippen LogP contribution in [0.4, 0.5) is 0 Å². The van der Waals surface area contributed by atoms with E-state index in [0.29, 0.717) is 5.90 Å². The molecule has 16 heavy (non-hydrogen) atoms. The molecule has 0 bridgehead atoms. The minimum Gasteiger partial charge on any atom is -0.452 e. The second kappa shape index (κ2) is 5.55. The molecule has 0 radical (unpaired) electrons. The van der Waals surface area contributed by atoms with Crippen LogP contribution < -0.4 is 4.99 Å². The van der Waals surface area contributed by atoms with E-state index in [0.717, 1.165) is 0 Å². The number of aliphatic hydroxyl groups excluding tert-OH is 4. The lowest BCUT2D eigenvalue weighted by molar-refractivity contribution is -0.566. The molecule has 1 saturated heterocycles. The van der Waals surface area contributed by atoms with Crippen molar-refractivity contribution in [3.63, 3.8) is 0 Å². The Hall–Kier alpha value is -0.730. The molecular weight excluding hydrogens is 218 g/mol. The fraction of sp³-hybridized carbons (Fsp3) is 0.889. The van der Waals surface area contributed by atoms with Crippen LogP contribution in [0.1, 0.15) is 6.92 Å². The van der Waals surface area contributed by atoms with Crippen LogP contribution in [0, 0.1) is 0 Å². The first kappa shape index (κ1) is 13.3. The highest BCUT2D eigenvalue weighted by atomic mass is 16.6. The third-order valence-corrected chi connectivity index (χ3v) is 2.58. The number of nitrogens with one attached hydrogen (secondary N) is 1. The van der Waals surface area contributed by atoms with Crippen molar-refractivity contribution in [2.75, 3.05) is 13.7 Å². The standard InChI is InChI=1S/C9H17NO6/c1-4(15-2)10-6-8(13)7(12)5(3-11)16-9(6)14/h5-9,11-14H,3H2,1-2H3/p+1/t5-,6-,7-,8-,9-/m1/s1. The normalized spacial score (nSPS) is 40.9. The van der Waals surface area contributed by atoms with Crippen LogP contribution >= 0.6 is 0 Å². The largest absolute Gasteiger partial charge is 0.452 e. The molecule has 1 heterocycles. The zero-order chi connectivity index (χ0) is 12.3. The van der Waals surface area contributed by atoms with Gasteiger partial charge in [0.05, 0.1) is 20.6 Å². The molecule has 5 N–H and O–H groups in total. The summed E-state index contributed by atoms with van der Waals surface area (Å²) in [5, 5.41) is 37.7. The molecule has 0 unspecified atom stereocenters. The number of hydrogen-bond donors (Lipinski definition) is 5. The lowest BCUT2D eigenvalue weighted by Gasteiger charge is -2.35. The fourth-order valence-electron chi connectivity index (χ4n) is 1.55. The van der Waals surface area contributed by atoms with Gasteiger partial charge in [-0.25, -0.2) is 4.99 Å². The highest BCUT2D eigenvalue weighted by molar-refractivity contribution is 5.66. The topological polar surface area (TPSA) is 113 Å². The van der Waals surface area contributed by atoms with Crippen LogP contribution in [0.2, 0.25) is 0 Å². The van der Waals surface area contributed by atoms with E-state index in [1.165, 1.54) is 7.11 Å². The zero-order valence-corrected chi connectivity index (χ0v) is 9.20. The van der Waals surface area contributed by atoms with Crippen molar-refractivity contribution in [2.24, 2.45) is 0 Å². The van der Waals surface area contributed by atoms with Gasteiger partial charge in [-0.15, -0.1) is 0 Å². The highest BCUT2D eigenvalue weighted by Gasteiger charge is 2.47. The van der Waals surface area contributed by atoms with Crippen molar-refractivity contribution < 1.29 is 34.9 Å². The van der Waals surface area contributed by atoms with E-state index in [1.807, 2.05) is 0 Å². The van der Waals surface area contributed by atoms with Crippen LogP contribution in [0.15, 0.2) is 0 Å². The minimum absolute atomic E-state index is 0.376. The number of aliphatic hydroxyl groups is 4. The Morgan fingerprint density at radius 2 is 1.94 bits per heavy atom. The lowest BCUT2D eigenvalue weighted by atomic mass is 9.97. The molecule has 0 saturated carbocycles. The monoisotopic (exact) mass is 236 g/mol. The van der Waals surface area contributed by atoms with E-state index in [4.69, 9.17) is 14.6 Å². The van der Waals surface area contributed by atoms with Crippen molar-refractivity contribution in [1.82, 2.24) is 0 Å². The van der Waals surface area contributed by atoms with Gasteiger partial charge in [0, 0.05) is 0 Å². The number of rotatable bonds is 2. The maximum atomic E-state index is 9.72. The second-order valence-electron chi connectivity index (χ2n) is 3.66. The zero-order valence-electron chi connectivity index (χ0n) is 9.20. The number of methoxy groups -OCH3 is 1. The Kier molecular flexibility index (Phi) is 4.63. The maximum absolute atomic E-state index is 9.72. The molecule has 0 aliphatic carbocycles. The van der Waals surface area contributed by atoms with Gasteiger partial charge in [-0.2, -0.15) is 0 Å². The Morgan fingerprint density at radius 1 is 1.31 bits per heavy atom. The molecule has 94 valence electrons. The quantitative estimate of drug-likeness (QED) is 0.246. The molecule has 0 aromatic heterocycles. The molecule has 1 aliphatic rings. The Bertz CT molecular complexity index is 258. The fourth-order valence-corrected chi connectivity index (χ4v) is 1.55. The molecule has 1 rings (SSSR count). The van der Waals surface area contributed by atoms with Crippen molar-refractivity contribution in [1.29, 1.82) is 0 Å². The summed E-state index contributed by atoms with van der Waals surface area (Å²) >= 11 is 0. The number of ether oxygens (including phenoxy) is 2. The molecular formula is C9H18NO6+. The molecule has 0 amide bonds. The van der Waals surface area contributed by atoms with Gasteiger partial charge in [-0.3, -0.25) is 0 Å². The summed E-state index contributed by atoms with van der Waals surface area (Å²) in [6, 6.07) is -0.905. The lowest BCUT2D eigenvalue weighted by Crippen LogP contribution is -2.89.